The molecule has 2 nitrogen and oxygen atoms in total. The van der Waals surface area contributed by atoms with Crippen molar-refractivity contribution in [2.24, 2.45) is 0 Å². The fourth-order valence-electron chi connectivity index (χ4n) is 1.43. The molecule has 0 aliphatic rings. The summed E-state index contributed by atoms with van der Waals surface area (Å²) in [4.78, 5) is 0. The van der Waals surface area contributed by atoms with E-state index in [9.17, 15) is 0 Å². The van der Waals surface area contributed by atoms with Crippen molar-refractivity contribution in [3.8, 4) is 0 Å². The molecule has 3 heteroatoms. The molecule has 1 heterocycles. The van der Waals surface area contributed by atoms with Crippen molar-refractivity contribution in [1.82, 2.24) is 10.6 Å². The topological polar surface area (TPSA) is 24.1 Å². The molecular formula is C12H22N2S. The van der Waals surface area contributed by atoms with Crippen molar-refractivity contribution < 1.29 is 0 Å². The van der Waals surface area contributed by atoms with Crippen LogP contribution < -0.4 is 10.6 Å². The minimum absolute atomic E-state index is 1.02. The number of rotatable bonds is 8. The Kier molecular flexibility index (Phi) is 6.64. The maximum Gasteiger partial charge on any atom is 0.0216 e. The van der Waals surface area contributed by atoms with Crippen molar-refractivity contribution >= 4 is 11.3 Å². The molecule has 86 valence electrons. The van der Waals surface area contributed by atoms with Crippen LogP contribution in [0.1, 0.15) is 30.9 Å². The van der Waals surface area contributed by atoms with E-state index in [0.717, 1.165) is 26.2 Å². The lowest BCUT2D eigenvalue weighted by Gasteiger charge is -2.05. The molecule has 0 bridgehead atoms. The van der Waals surface area contributed by atoms with Crippen LogP contribution in [0.15, 0.2) is 10.8 Å². The van der Waals surface area contributed by atoms with Gasteiger partial charge in [-0.05, 0) is 61.3 Å². The monoisotopic (exact) mass is 226 g/mol. The fourth-order valence-corrected chi connectivity index (χ4v) is 2.29. The van der Waals surface area contributed by atoms with Crippen molar-refractivity contribution in [3.05, 3.63) is 21.9 Å². The van der Waals surface area contributed by atoms with Crippen LogP contribution in [0.3, 0.4) is 0 Å². The largest absolute Gasteiger partial charge is 0.317 e. The zero-order valence-corrected chi connectivity index (χ0v) is 10.6. The molecule has 0 aliphatic carbocycles. The molecule has 2 N–H and O–H groups in total. The molecule has 0 fully saturated rings. The van der Waals surface area contributed by atoms with Crippen LogP contribution in [0, 0.1) is 6.92 Å². The lowest BCUT2D eigenvalue weighted by atomic mass is 10.2. The molecule has 15 heavy (non-hydrogen) atoms. The van der Waals surface area contributed by atoms with Gasteiger partial charge < -0.3 is 10.6 Å². The quantitative estimate of drug-likeness (QED) is 0.666. The average molecular weight is 226 g/mol. The van der Waals surface area contributed by atoms with E-state index in [-0.39, 0.29) is 0 Å². The van der Waals surface area contributed by atoms with Crippen LogP contribution in [0.5, 0.6) is 0 Å². The number of hydrogen-bond acceptors (Lipinski definition) is 3. The first-order valence-corrected chi connectivity index (χ1v) is 6.72. The SMILES string of the molecule is CCCNCCCNCc1cscc1C. The summed E-state index contributed by atoms with van der Waals surface area (Å²) in [5.41, 5.74) is 2.86. The summed E-state index contributed by atoms with van der Waals surface area (Å²) in [5.74, 6) is 0. The van der Waals surface area contributed by atoms with E-state index in [1.807, 2.05) is 0 Å². The van der Waals surface area contributed by atoms with E-state index in [1.165, 1.54) is 24.0 Å². The first-order chi connectivity index (χ1) is 7.34. The van der Waals surface area contributed by atoms with E-state index in [4.69, 9.17) is 0 Å². The van der Waals surface area contributed by atoms with Crippen LogP contribution >= 0.6 is 11.3 Å². The van der Waals surface area contributed by atoms with Gasteiger partial charge >= 0.3 is 0 Å². The first kappa shape index (κ1) is 12.7. The van der Waals surface area contributed by atoms with Gasteiger partial charge in [-0.15, -0.1) is 0 Å². The third kappa shape index (κ3) is 5.30. The maximum absolute atomic E-state index is 3.47. The summed E-state index contributed by atoms with van der Waals surface area (Å²) < 4.78 is 0. The predicted octanol–water partition coefficient (Wildman–Crippen LogP) is 2.54. The molecule has 1 aromatic rings. The molecule has 0 radical (unpaired) electrons. The average Bonchev–Trinajstić information content (AvgIpc) is 2.63. The Bertz CT molecular complexity index is 258. The highest BCUT2D eigenvalue weighted by Crippen LogP contribution is 2.12. The smallest absolute Gasteiger partial charge is 0.0216 e. The van der Waals surface area contributed by atoms with Crippen LogP contribution in [0.4, 0.5) is 0 Å². The lowest BCUT2D eigenvalue weighted by molar-refractivity contribution is 0.592. The zero-order chi connectivity index (χ0) is 10.9. The minimum Gasteiger partial charge on any atom is -0.317 e. The van der Waals surface area contributed by atoms with Gasteiger partial charge in [-0.2, -0.15) is 11.3 Å². The number of hydrogen-bond donors (Lipinski definition) is 2. The summed E-state index contributed by atoms with van der Waals surface area (Å²) in [5, 5.41) is 11.3. The van der Waals surface area contributed by atoms with E-state index in [1.54, 1.807) is 11.3 Å². The highest BCUT2D eigenvalue weighted by atomic mass is 32.1. The maximum atomic E-state index is 3.47. The summed E-state index contributed by atoms with van der Waals surface area (Å²) >= 11 is 1.79. The summed E-state index contributed by atoms with van der Waals surface area (Å²) in [7, 11) is 0. The van der Waals surface area contributed by atoms with E-state index in [0.29, 0.717) is 0 Å². The van der Waals surface area contributed by atoms with Crippen molar-refractivity contribution in [2.45, 2.75) is 33.2 Å². The van der Waals surface area contributed by atoms with Crippen LogP contribution in [-0.2, 0) is 6.54 Å². The van der Waals surface area contributed by atoms with Gasteiger partial charge in [0.25, 0.3) is 0 Å². The van der Waals surface area contributed by atoms with Crippen molar-refractivity contribution in [2.75, 3.05) is 19.6 Å². The molecule has 0 amide bonds. The number of thiophene rings is 1. The standard InChI is InChI=1S/C12H22N2S/c1-3-5-13-6-4-7-14-8-12-10-15-9-11(12)2/h9-10,13-14H,3-8H2,1-2H3. The molecule has 1 rings (SSSR count). The molecule has 0 spiro atoms. The summed E-state index contributed by atoms with van der Waals surface area (Å²) in [6.45, 7) is 8.77. The third-order valence-corrected chi connectivity index (χ3v) is 3.32. The molecule has 0 unspecified atom stereocenters. The normalized spacial score (nSPS) is 10.8. The van der Waals surface area contributed by atoms with Gasteiger partial charge in [0.2, 0.25) is 0 Å². The highest BCUT2D eigenvalue weighted by molar-refractivity contribution is 7.08. The fraction of sp³-hybridized carbons (Fsp3) is 0.667. The second-order valence-corrected chi connectivity index (χ2v) is 4.60. The van der Waals surface area contributed by atoms with Gasteiger partial charge in [0.05, 0.1) is 0 Å². The highest BCUT2D eigenvalue weighted by Gasteiger charge is 1.97. The summed E-state index contributed by atoms with van der Waals surface area (Å²) in [6, 6.07) is 0. The van der Waals surface area contributed by atoms with Crippen LogP contribution in [-0.4, -0.2) is 19.6 Å². The molecule has 0 saturated carbocycles. The van der Waals surface area contributed by atoms with Gasteiger partial charge in [-0.25, -0.2) is 0 Å². The van der Waals surface area contributed by atoms with Crippen LogP contribution in [0.25, 0.3) is 0 Å². The Morgan fingerprint density at radius 2 is 1.93 bits per heavy atom. The second-order valence-electron chi connectivity index (χ2n) is 3.86. The van der Waals surface area contributed by atoms with Crippen LogP contribution in [0.2, 0.25) is 0 Å². The lowest BCUT2D eigenvalue weighted by Crippen LogP contribution is -2.22. The third-order valence-electron chi connectivity index (χ3n) is 2.41. The van der Waals surface area contributed by atoms with Gasteiger partial charge in [0.15, 0.2) is 0 Å². The number of aryl methyl sites for hydroxylation is 1. The molecule has 0 atom stereocenters. The van der Waals surface area contributed by atoms with Crippen molar-refractivity contribution in [3.63, 3.8) is 0 Å². The first-order valence-electron chi connectivity index (χ1n) is 5.77. The molecular weight excluding hydrogens is 204 g/mol. The molecule has 0 saturated heterocycles. The molecule has 0 aromatic carbocycles. The zero-order valence-electron chi connectivity index (χ0n) is 9.81. The summed E-state index contributed by atoms with van der Waals surface area (Å²) in [6.07, 6.45) is 2.44. The van der Waals surface area contributed by atoms with Gasteiger partial charge in [-0.1, -0.05) is 6.92 Å². The predicted molar refractivity (Wildman–Crippen MR) is 68.5 cm³/mol. The van der Waals surface area contributed by atoms with E-state index in [2.05, 4.69) is 35.2 Å². The Balaban J connectivity index is 1.96. The molecule has 0 aliphatic heterocycles. The minimum atomic E-state index is 1.02. The van der Waals surface area contributed by atoms with Crippen molar-refractivity contribution in [1.29, 1.82) is 0 Å². The van der Waals surface area contributed by atoms with Gasteiger partial charge in [0, 0.05) is 6.54 Å². The molecule has 1 aromatic heterocycles. The van der Waals surface area contributed by atoms with Gasteiger partial charge in [0.1, 0.15) is 0 Å². The Labute approximate surface area is 97.1 Å². The number of nitrogens with one attached hydrogen (secondary N) is 2. The van der Waals surface area contributed by atoms with Gasteiger partial charge in [-0.3, -0.25) is 0 Å². The van der Waals surface area contributed by atoms with E-state index < -0.39 is 0 Å². The van der Waals surface area contributed by atoms with E-state index >= 15 is 0 Å². The Morgan fingerprint density at radius 3 is 2.60 bits per heavy atom. The Hall–Kier alpha value is -0.380. The second kappa shape index (κ2) is 7.85. The Morgan fingerprint density at radius 1 is 1.13 bits per heavy atom.